The van der Waals surface area contributed by atoms with Gasteiger partial charge in [-0.15, -0.1) is 0 Å². The van der Waals surface area contributed by atoms with E-state index < -0.39 is 12.0 Å². The molecular weight excluding hydrogens is 186 g/mol. The number of hydrogen-bond acceptors (Lipinski definition) is 3. The van der Waals surface area contributed by atoms with Crippen molar-refractivity contribution in [2.75, 3.05) is 0 Å². The third kappa shape index (κ3) is 2.89. The van der Waals surface area contributed by atoms with Gasteiger partial charge in [0.25, 0.3) is 0 Å². The van der Waals surface area contributed by atoms with E-state index in [1.807, 2.05) is 0 Å². The molecule has 1 atom stereocenters. The van der Waals surface area contributed by atoms with Crippen molar-refractivity contribution < 1.29 is 14.7 Å². The number of carboxylic acid groups (broad SMARTS) is 1. The van der Waals surface area contributed by atoms with Crippen LogP contribution in [0.3, 0.4) is 0 Å². The van der Waals surface area contributed by atoms with Crippen LogP contribution in [0.4, 0.5) is 0 Å². The molecule has 6 nitrogen and oxygen atoms in total. The number of nitrogens with zero attached hydrogens (tertiary/aromatic N) is 1. The molecule has 0 spiro atoms. The average molecular weight is 197 g/mol. The Labute approximate surface area is 80.3 Å². The first-order valence-corrected chi connectivity index (χ1v) is 4.07. The summed E-state index contributed by atoms with van der Waals surface area (Å²) >= 11 is 0. The molecule has 0 aliphatic carbocycles. The molecule has 0 fully saturated rings. The van der Waals surface area contributed by atoms with Crippen LogP contribution in [0, 0.1) is 0 Å². The minimum absolute atomic E-state index is 0.203. The van der Waals surface area contributed by atoms with Crippen LogP contribution in [-0.2, 0) is 16.0 Å². The zero-order valence-electron chi connectivity index (χ0n) is 7.65. The van der Waals surface area contributed by atoms with Crippen molar-refractivity contribution in [3.63, 3.8) is 0 Å². The van der Waals surface area contributed by atoms with Gasteiger partial charge in [-0.1, -0.05) is 0 Å². The molecule has 76 valence electrons. The predicted molar refractivity (Wildman–Crippen MR) is 47.5 cm³/mol. The topological polar surface area (TPSA) is 95.1 Å². The molecule has 14 heavy (non-hydrogen) atoms. The van der Waals surface area contributed by atoms with Gasteiger partial charge in [-0.2, -0.15) is 5.10 Å². The number of nitrogens with one attached hydrogen (secondary N) is 2. The van der Waals surface area contributed by atoms with E-state index in [0.29, 0.717) is 5.69 Å². The van der Waals surface area contributed by atoms with Gasteiger partial charge < -0.3 is 10.4 Å². The van der Waals surface area contributed by atoms with Gasteiger partial charge in [-0.25, -0.2) is 4.79 Å². The van der Waals surface area contributed by atoms with E-state index in [-0.39, 0.29) is 12.3 Å². The third-order valence-electron chi connectivity index (χ3n) is 1.66. The summed E-state index contributed by atoms with van der Waals surface area (Å²) in [4.78, 5) is 21.4. The van der Waals surface area contributed by atoms with Crippen LogP contribution in [0.2, 0.25) is 0 Å². The fraction of sp³-hybridized carbons (Fsp3) is 0.375. The van der Waals surface area contributed by atoms with E-state index in [1.54, 1.807) is 6.07 Å². The molecule has 0 aliphatic rings. The maximum absolute atomic E-state index is 10.7. The minimum Gasteiger partial charge on any atom is -0.480 e. The molecule has 1 amide bonds. The lowest BCUT2D eigenvalue weighted by Crippen LogP contribution is -2.41. The number of aromatic nitrogens is 2. The molecule has 1 aromatic rings. The lowest BCUT2D eigenvalue weighted by Gasteiger charge is -2.11. The van der Waals surface area contributed by atoms with Crippen LogP contribution in [0.25, 0.3) is 0 Å². The number of aromatic amines is 1. The number of rotatable bonds is 4. The fourth-order valence-corrected chi connectivity index (χ4v) is 1.06. The molecule has 0 saturated carbocycles. The summed E-state index contributed by atoms with van der Waals surface area (Å²) in [6.07, 6.45) is 1.73. The maximum Gasteiger partial charge on any atom is 0.326 e. The van der Waals surface area contributed by atoms with Gasteiger partial charge in [-0.3, -0.25) is 9.89 Å². The molecule has 0 unspecified atom stereocenters. The van der Waals surface area contributed by atoms with Crippen molar-refractivity contribution in [3.8, 4) is 0 Å². The summed E-state index contributed by atoms with van der Waals surface area (Å²) in [7, 11) is 0. The Hall–Kier alpha value is -1.85. The second-order valence-electron chi connectivity index (χ2n) is 2.88. The van der Waals surface area contributed by atoms with Gasteiger partial charge in [-0.05, 0) is 6.07 Å². The number of H-pyrrole nitrogens is 1. The Morgan fingerprint density at radius 1 is 1.71 bits per heavy atom. The highest BCUT2D eigenvalue weighted by Crippen LogP contribution is 1.98. The number of hydrogen-bond donors (Lipinski definition) is 3. The van der Waals surface area contributed by atoms with Gasteiger partial charge in [0.2, 0.25) is 5.91 Å². The van der Waals surface area contributed by atoms with E-state index in [4.69, 9.17) is 5.11 Å². The highest BCUT2D eigenvalue weighted by Gasteiger charge is 2.18. The van der Waals surface area contributed by atoms with E-state index in [1.165, 1.54) is 13.1 Å². The predicted octanol–water partition coefficient (Wildman–Crippen LogP) is -0.459. The van der Waals surface area contributed by atoms with Crippen LogP contribution < -0.4 is 5.32 Å². The Kier molecular flexibility index (Phi) is 3.22. The summed E-state index contributed by atoms with van der Waals surface area (Å²) < 4.78 is 0. The molecule has 0 aromatic carbocycles. The molecule has 1 heterocycles. The Morgan fingerprint density at radius 3 is 2.86 bits per heavy atom. The summed E-state index contributed by atoms with van der Waals surface area (Å²) in [5, 5.41) is 17.4. The number of amides is 1. The molecule has 0 bridgehead atoms. The molecule has 0 aliphatic heterocycles. The Balaban J connectivity index is 2.60. The normalized spacial score (nSPS) is 12.1. The average Bonchev–Trinajstić information content (AvgIpc) is 2.54. The quantitative estimate of drug-likeness (QED) is 0.608. The number of carbonyl (C=O) groups is 2. The number of carboxylic acids is 1. The van der Waals surface area contributed by atoms with E-state index in [2.05, 4.69) is 15.5 Å². The van der Waals surface area contributed by atoms with E-state index in [0.717, 1.165) is 0 Å². The van der Waals surface area contributed by atoms with Crippen LogP contribution in [-0.4, -0.2) is 33.2 Å². The molecule has 0 saturated heterocycles. The van der Waals surface area contributed by atoms with Crippen molar-refractivity contribution in [2.45, 2.75) is 19.4 Å². The van der Waals surface area contributed by atoms with Crippen LogP contribution in [0.5, 0.6) is 0 Å². The van der Waals surface area contributed by atoms with Gasteiger partial charge in [0.05, 0.1) is 0 Å². The first-order chi connectivity index (χ1) is 6.59. The summed E-state index contributed by atoms with van der Waals surface area (Å²) in [6.45, 7) is 1.28. The largest absolute Gasteiger partial charge is 0.480 e. The molecule has 3 N–H and O–H groups in total. The van der Waals surface area contributed by atoms with Gasteiger partial charge in [0, 0.05) is 25.2 Å². The molecule has 6 heteroatoms. The van der Waals surface area contributed by atoms with Crippen molar-refractivity contribution in [3.05, 3.63) is 18.0 Å². The Bertz CT molecular complexity index is 321. The standard InChI is InChI=1S/C8H11N3O3/c1-5(12)10-7(8(13)14)4-6-2-3-9-11-6/h2-3,7H,4H2,1H3,(H,9,11)(H,10,12)(H,13,14)/t7-/m0/s1. The molecule has 0 radical (unpaired) electrons. The third-order valence-corrected chi connectivity index (χ3v) is 1.66. The monoisotopic (exact) mass is 197 g/mol. The number of carbonyl (C=O) groups excluding carboxylic acids is 1. The molecule has 1 rings (SSSR count). The van der Waals surface area contributed by atoms with E-state index >= 15 is 0 Å². The lowest BCUT2D eigenvalue weighted by molar-refractivity contribution is -0.141. The van der Waals surface area contributed by atoms with E-state index in [9.17, 15) is 9.59 Å². The van der Waals surface area contributed by atoms with Crippen LogP contribution in [0.15, 0.2) is 12.3 Å². The first-order valence-electron chi connectivity index (χ1n) is 4.07. The molecular formula is C8H11N3O3. The van der Waals surface area contributed by atoms with Crippen molar-refractivity contribution in [1.29, 1.82) is 0 Å². The fourth-order valence-electron chi connectivity index (χ4n) is 1.06. The van der Waals surface area contributed by atoms with Crippen LogP contribution in [0.1, 0.15) is 12.6 Å². The summed E-state index contributed by atoms with van der Waals surface area (Å²) in [6, 6.07) is 0.755. The minimum atomic E-state index is -1.06. The smallest absolute Gasteiger partial charge is 0.326 e. The highest BCUT2D eigenvalue weighted by molar-refractivity contribution is 5.82. The van der Waals surface area contributed by atoms with Crippen molar-refractivity contribution >= 4 is 11.9 Å². The van der Waals surface area contributed by atoms with Gasteiger partial charge >= 0.3 is 5.97 Å². The second-order valence-corrected chi connectivity index (χ2v) is 2.88. The first kappa shape index (κ1) is 10.2. The van der Waals surface area contributed by atoms with Crippen molar-refractivity contribution in [1.82, 2.24) is 15.5 Å². The second kappa shape index (κ2) is 4.40. The zero-order valence-corrected chi connectivity index (χ0v) is 7.65. The zero-order chi connectivity index (χ0) is 10.6. The summed E-state index contributed by atoms with van der Waals surface area (Å²) in [5.41, 5.74) is 0.672. The van der Waals surface area contributed by atoms with Gasteiger partial charge in [0.15, 0.2) is 0 Å². The van der Waals surface area contributed by atoms with Gasteiger partial charge in [0.1, 0.15) is 6.04 Å². The maximum atomic E-state index is 10.7. The Morgan fingerprint density at radius 2 is 2.43 bits per heavy atom. The molecule has 1 aromatic heterocycles. The highest BCUT2D eigenvalue weighted by atomic mass is 16.4. The lowest BCUT2D eigenvalue weighted by atomic mass is 10.1. The SMILES string of the molecule is CC(=O)N[C@@H](Cc1ccn[nH]1)C(=O)O. The van der Waals surface area contributed by atoms with Crippen molar-refractivity contribution in [2.24, 2.45) is 0 Å². The van der Waals surface area contributed by atoms with Crippen LogP contribution >= 0.6 is 0 Å². The summed E-state index contributed by atoms with van der Waals surface area (Å²) in [5.74, 6) is -1.42. The number of aliphatic carboxylic acids is 1.